The maximum absolute atomic E-state index is 13.8. The van der Waals surface area contributed by atoms with Gasteiger partial charge < -0.3 is 10.2 Å². The highest BCUT2D eigenvalue weighted by molar-refractivity contribution is 7.12. The fraction of sp³-hybridized carbons (Fsp3) is 0.278. The summed E-state index contributed by atoms with van der Waals surface area (Å²) in [6, 6.07) is 8.88. The van der Waals surface area contributed by atoms with E-state index in [1.54, 1.807) is 24.3 Å². The first-order chi connectivity index (χ1) is 12.1. The number of halogens is 1. The molecule has 1 aliphatic heterocycles. The van der Waals surface area contributed by atoms with Crippen LogP contribution in [-0.2, 0) is 9.59 Å². The van der Waals surface area contributed by atoms with Crippen molar-refractivity contribution in [3.05, 3.63) is 52.5 Å². The number of nitrogens with one attached hydrogen (secondary N) is 1. The Morgan fingerprint density at radius 3 is 2.72 bits per heavy atom. The number of hydrogen-bond acceptors (Lipinski definition) is 4. The Labute approximate surface area is 148 Å². The average Bonchev–Trinajstić information content (AvgIpc) is 3.25. The molecule has 1 unspecified atom stereocenters. The molecule has 0 aliphatic carbocycles. The van der Waals surface area contributed by atoms with Gasteiger partial charge in [-0.3, -0.25) is 14.4 Å². The number of carbonyl (C=O) groups is 3. The van der Waals surface area contributed by atoms with Crippen molar-refractivity contribution < 1.29 is 18.8 Å². The number of rotatable bonds is 6. The fourth-order valence-corrected chi connectivity index (χ4v) is 3.47. The van der Waals surface area contributed by atoms with Crippen molar-refractivity contribution in [2.45, 2.75) is 25.3 Å². The maximum atomic E-state index is 13.8. The van der Waals surface area contributed by atoms with Crippen molar-refractivity contribution in [1.29, 1.82) is 0 Å². The third-order valence-electron chi connectivity index (χ3n) is 4.06. The van der Waals surface area contributed by atoms with E-state index in [1.807, 2.05) is 5.38 Å². The third kappa shape index (κ3) is 3.93. The lowest BCUT2D eigenvalue weighted by molar-refractivity contribution is -0.126. The largest absolute Gasteiger partial charge is 0.344 e. The van der Waals surface area contributed by atoms with Crippen molar-refractivity contribution in [3.63, 3.8) is 0 Å². The summed E-state index contributed by atoms with van der Waals surface area (Å²) in [6.07, 6.45) is 0.544. The Hall–Kier alpha value is -2.54. The van der Waals surface area contributed by atoms with Crippen LogP contribution < -0.4 is 10.2 Å². The number of carbonyl (C=O) groups excluding carboxylic acids is 3. The molecule has 5 nitrogen and oxygen atoms in total. The summed E-state index contributed by atoms with van der Waals surface area (Å²) in [7, 11) is 0. The van der Waals surface area contributed by atoms with Gasteiger partial charge in [-0.1, -0.05) is 18.2 Å². The smallest absolute Gasteiger partial charge is 0.249 e. The SMILES string of the molecule is O=C(CCC(=O)c1cccs1)NC1CCN(c2ccccc2F)C1=O. The first-order valence-corrected chi connectivity index (χ1v) is 8.86. The molecule has 0 saturated carbocycles. The highest BCUT2D eigenvalue weighted by atomic mass is 32.1. The van der Waals surface area contributed by atoms with E-state index >= 15 is 0 Å². The van der Waals surface area contributed by atoms with Gasteiger partial charge in [-0.15, -0.1) is 11.3 Å². The van der Waals surface area contributed by atoms with E-state index in [0.29, 0.717) is 17.8 Å². The lowest BCUT2D eigenvalue weighted by atomic mass is 10.1. The van der Waals surface area contributed by atoms with Crippen LogP contribution in [0.2, 0.25) is 0 Å². The molecule has 130 valence electrons. The van der Waals surface area contributed by atoms with Gasteiger partial charge in [0.1, 0.15) is 11.9 Å². The van der Waals surface area contributed by atoms with Gasteiger partial charge in [0.15, 0.2) is 5.78 Å². The molecule has 0 bridgehead atoms. The minimum Gasteiger partial charge on any atom is -0.344 e. The van der Waals surface area contributed by atoms with Crippen molar-refractivity contribution in [2.75, 3.05) is 11.4 Å². The average molecular weight is 360 g/mol. The predicted octanol–water partition coefficient (Wildman–Crippen LogP) is 2.77. The molecular formula is C18H17FN2O3S. The Morgan fingerprint density at radius 2 is 2.00 bits per heavy atom. The predicted molar refractivity (Wildman–Crippen MR) is 93.2 cm³/mol. The summed E-state index contributed by atoms with van der Waals surface area (Å²) in [5.74, 6) is -1.23. The number of nitrogens with zero attached hydrogens (tertiary/aromatic N) is 1. The Bertz CT molecular complexity index is 791. The standard InChI is InChI=1S/C18H17FN2O3S/c19-12-4-1-2-5-14(12)21-10-9-13(18(21)24)20-17(23)8-7-15(22)16-6-3-11-25-16/h1-6,11,13H,7-10H2,(H,20,23). The van der Waals surface area contributed by atoms with Crippen LogP contribution >= 0.6 is 11.3 Å². The molecule has 1 N–H and O–H groups in total. The van der Waals surface area contributed by atoms with E-state index in [2.05, 4.69) is 5.32 Å². The molecule has 1 aromatic heterocycles. The van der Waals surface area contributed by atoms with Crippen LogP contribution in [-0.4, -0.2) is 30.2 Å². The second-order valence-corrected chi connectivity index (χ2v) is 6.70. The summed E-state index contributed by atoms with van der Waals surface area (Å²) in [4.78, 5) is 38.3. The molecule has 2 amide bonds. The summed E-state index contributed by atoms with van der Waals surface area (Å²) in [5, 5.41) is 4.45. The molecule has 3 rings (SSSR count). The van der Waals surface area contributed by atoms with E-state index in [-0.39, 0.29) is 36.1 Å². The Morgan fingerprint density at radius 1 is 1.20 bits per heavy atom. The van der Waals surface area contributed by atoms with Crippen molar-refractivity contribution in [2.24, 2.45) is 0 Å². The van der Waals surface area contributed by atoms with Crippen LogP contribution in [0.15, 0.2) is 41.8 Å². The van der Waals surface area contributed by atoms with Gasteiger partial charge in [-0.2, -0.15) is 0 Å². The number of anilines is 1. The minimum absolute atomic E-state index is 0.0280. The Balaban J connectivity index is 1.53. The van der Waals surface area contributed by atoms with Crippen LogP contribution in [0.1, 0.15) is 28.9 Å². The summed E-state index contributed by atoms with van der Waals surface area (Å²) in [5.41, 5.74) is 0.220. The molecule has 7 heteroatoms. The minimum atomic E-state index is -0.677. The number of ketones is 1. The zero-order valence-corrected chi connectivity index (χ0v) is 14.2. The third-order valence-corrected chi connectivity index (χ3v) is 4.97. The van der Waals surface area contributed by atoms with E-state index in [1.165, 1.54) is 28.4 Å². The van der Waals surface area contributed by atoms with Crippen molar-refractivity contribution in [3.8, 4) is 0 Å². The van der Waals surface area contributed by atoms with Gasteiger partial charge in [-0.25, -0.2) is 4.39 Å². The first kappa shape index (κ1) is 17.3. The number of hydrogen-bond donors (Lipinski definition) is 1. The highest BCUT2D eigenvalue weighted by Crippen LogP contribution is 2.24. The lowest BCUT2D eigenvalue weighted by Crippen LogP contribution is -2.41. The lowest BCUT2D eigenvalue weighted by Gasteiger charge is -2.17. The van der Waals surface area contributed by atoms with Crippen LogP contribution in [0.3, 0.4) is 0 Å². The van der Waals surface area contributed by atoms with Crippen LogP contribution in [0.25, 0.3) is 0 Å². The summed E-state index contributed by atoms with van der Waals surface area (Å²) in [6.45, 7) is 0.346. The number of Topliss-reactive ketones (excluding diaryl/α,β-unsaturated/α-hetero) is 1. The molecule has 1 aromatic carbocycles. The zero-order valence-electron chi connectivity index (χ0n) is 13.4. The molecule has 1 aliphatic rings. The number of benzene rings is 1. The number of amides is 2. The van der Waals surface area contributed by atoms with Crippen molar-refractivity contribution in [1.82, 2.24) is 5.32 Å². The summed E-state index contributed by atoms with van der Waals surface area (Å²) >= 11 is 1.34. The normalized spacial score (nSPS) is 16.9. The zero-order chi connectivity index (χ0) is 17.8. The van der Waals surface area contributed by atoms with Crippen LogP contribution in [0, 0.1) is 5.82 Å². The van der Waals surface area contributed by atoms with Gasteiger partial charge in [-0.05, 0) is 30.0 Å². The molecule has 2 aromatic rings. The van der Waals surface area contributed by atoms with Gasteiger partial charge in [0.2, 0.25) is 11.8 Å². The second kappa shape index (κ2) is 7.57. The van der Waals surface area contributed by atoms with Gasteiger partial charge in [0.25, 0.3) is 0 Å². The van der Waals surface area contributed by atoms with Gasteiger partial charge >= 0.3 is 0 Å². The number of thiophene rings is 1. The molecule has 1 fully saturated rings. The van der Waals surface area contributed by atoms with E-state index in [0.717, 1.165) is 0 Å². The van der Waals surface area contributed by atoms with Crippen molar-refractivity contribution >= 4 is 34.6 Å². The molecule has 0 spiro atoms. The molecule has 25 heavy (non-hydrogen) atoms. The van der Waals surface area contributed by atoms with E-state index in [4.69, 9.17) is 0 Å². The molecule has 1 atom stereocenters. The number of para-hydroxylation sites is 1. The van der Waals surface area contributed by atoms with E-state index < -0.39 is 11.9 Å². The van der Waals surface area contributed by atoms with E-state index in [9.17, 15) is 18.8 Å². The first-order valence-electron chi connectivity index (χ1n) is 7.98. The highest BCUT2D eigenvalue weighted by Gasteiger charge is 2.34. The van der Waals surface area contributed by atoms with Gasteiger partial charge in [0, 0.05) is 19.4 Å². The monoisotopic (exact) mass is 360 g/mol. The fourth-order valence-electron chi connectivity index (χ4n) is 2.78. The molecule has 0 radical (unpaired) electrons. The molecular weight excluding hydrogens is 343 g/mol. The van der Waals surface area contributed by atoms with Gasteiger partial charge in [0.05, 0.1) is 10.6 Å². The molecule has 2 heterocycles. The maximum Gasteiger partial charge on any atom is 0.249 e. The quantitative estimate of drug-likeness (QED) is 0.806. The topological polar surface area (TPSA) is 66.5 Å². The van der Waals surface area contributed by atoms with Crippen LogP contribution in [0.4, 0.5) is 10.1 Å². The summed E-state index contributed by atoms with van der Waals surface area (Å²) < 4.78 is 13.8. The molecule has 1 saturated heterocycles. The Kier molecular flexibility index (Phi) is 5.23. The second-order valence-electron chi connectivity index (χ2n) is 5.75. The van der Waals surface area contributed by atoms with Crippen LogP contribution in [0.5, 0.6) is 0 Å².